The fourth-order valence-corrected chi connectivity index (χ4v) is 2.66. The van der Waals surface area contributed by atoms with Gasteiger partial charge in [-0.1, -0.05) is 6.07 Å². The van der Waals surface area contributed by atoms with Crippen molar-refractivity contribution in [3.05, 3.63) is 93.9 Å². The van der Waals surface area contributed by atoms with Gasteiger partial charge in [0.25, 0.3) is 11.5 Å². The lowest BCUT2D eigenvalue weighted by molar-refractivity contribution is 0.0945. The minimum absolute atomic E-state index is 0.0113. The maximum atomic E-state index is 13.4. The molecule has 0 saturated carbocycles. The zero-order valence-corrected chi connectivity index (χ0v) is 15.4. The van der Waals surface area contributed by atoms with Crippen LogP contribution in [0.1, 0.15) is 15.9 Å². The molecule has 0 aliphatic rings. The van der Waals surface area contributed by atoms with Crippen LogP contribution < -0.4 is 21.3 Å². The number of anilines is 1. The van der Waals surface area contributed by atoms with E-state index in [1.54, 1.807) is 30.3 Å². The third-order valence-electron chi connectivity index (χ3n) is 4.14. The molecular weight excluding hydrogens is 380 g/mol. The Kier molecular flexibility index (Phi) is 6.23. The van der Waals surface area contributed by atoms with E-state index >= 15 is 0 Å². The third-order valence-corrected chi connectivity index (χ3v) is 4.14. The van der Waals surface area contributed by atoms with Gasteiger partial charge in [0.2, 0.25) is 0 Å². The molecule has 1 heterocycles. The molecule has 0 bridgehead atoms. The van der Waals surface area contributed by atoms with Gasteiger partial charge in [-0.15, -0.1) is 0 Å². The van der Waals surface area contributed by atoms with E-state index in [-0.39, 0.29) is 25.3 Å². The third kappa shape index (κ3) is 5.19. The van der Waals surface area contributed by atoms with Crippen molar-refractivity contribution in [1.29, 1.82) is 0 Å². The molecule has 0 fully saturated rings. The Hall–Kier alpha value is -3.68. The van der Waals surface area contributed by atoms with Crippen molar-refractivity contribution in [2.45, 2.75) is 6.54 Å². The van der Waals surface area contributed by atoms with Crippen LogP contribution in [-0.2, 0) is 6.54 Å². The van der Waals surface area contributed by atoms with Crippen LogP contribution in [0.5, 0.6) is 5.75 Å². The average molecular weight is 399 g/mol. The topological polar surface area (TPSA) is 86.3 Å². The van der Waals surface area contributed by atoms with Crippen LogP contribution in [0.15, 0.2) is 65.6 Å². The number of ether oxygens (including phenoxy) is 1. The SMILES string of the molecule is Nc1ccc(OCCNC(=O)c2cccn(Cc3ccc(F)c(F)c3)c2=O)cc1. The lowest BCUT2D eigenvalue weighted by Crippen LogP contribution is -2.34. The van der Waals surface area contributed by atoms with E-state index in [4.69, 9.17) is 10.5 Å². The number of hydrogen-bond acceptors (Lipinski definition) is 4. The van der Waals surface area contributed by atoms with E-state index in [0.717, 1.165) is 12.1 Å². The van der Waals surface area contributed by atoms with Crippen molar-refractivity contribution >= 4 is 11.6 Å². The summed E-state index contributed by atoms with van der Waals surface area (Å²) in [4.78, 5) is 24.9. The molecule has 0 atom stereocenters. The summed E-state index contributed by atoms with van der Waals surface area (Å²) in [5, 5.41) is 2.62. The molecule has 0 aliphatic carbocycles. The molecule has 3 aromatic rings. The Morgan fingerprint density at radius 2 is 1.83 bits per heavy atom. The van der Waals surface area contributed by atoms with Gasteiger partial charge < -0.3 is 20.4 Å². The number of nitrogens with two attached hydrogens (primary N) is 1. The van der Waals surface area contributed by atoms with E-state index in [0.29, 0.717) is 17.0 Å². The normalized spacial score (nSPS) is 10.6. The van der Waals surface area contributed by atoms with E-state index in [1.807, 2.05) is 0 Å². The number of hydrogen-bond donors (Lipinski definition) is 2. The molecule has 0 aliphatic heterocycles. The molecule has 150 valence electrons. The van der Waals surface area contributed by atoms with Crippen LogP contribution >= 0.6 is 0 Å². The van der Waals surface area contributed by atoms with Crippen LogP contribution in [0, 0.1) is 11.6 Å². The molecule has 3 rings (SSSR count). The Morgan fingerprint density at radius 1 is 1.07 bits per heavy atom. The molecule has 8 heteroatoms. The highest BCUT2D eigenvalue weighted by Crippen LogP contribution is 2.12. The van der Waals surface area contributed by atoms with Gasteiger partial charge >= 0.3 is 0 Å². The fourth-order valence-electron chi connectivity index (χ4n) is 2.66. The van der Waals surface area contributed by atoms with Gasteiger partial charge in [0.05, 0.1) is 13.1 Å². The van der Waals surface area contributed by atoms with Gasteiger partial charge in [-0.05, 0) is 54.1 Å². The monoisotopic (exact) mass is 399 g/mol. The maximum absolute atomic E-state index is 13.4. The summed E-state index contributed by atoms with van der Waals surface area (Å²) in [7, 11) is 0. The summed E-state index contributed by atoms with van der Waals surface area (Å²) in [6, 6.07) is 13.2. The van der Waals surface area contributed by atoms with Crippen LogP contribution in [0.4, 0.5) is 14.5 Å². The van der Waals surface area contributed by atoms with Crippen molar-refractivity contribution in [2.75, 3.05) is 18.9 Å². The van der Waals surface area contributed by atoms with E-state index in [2.05, 4.69) is 5.32 Å². The minimum atomic E-state index is -0.995. The molecule has 0 saturated heterocycles. The first kappa shape index (κ1) is 20.1. The van der Waals surface area contributed by atoms with Gasteiger partial charge in [-0.25, -0.2) is 8.78 Å². The van der Waals surface area contributed by atoms with E-state index < -0.39 is 23.1 Å². The molecule has 6 nitrogen and oxygen atoms in total. The summed E-state index contributed by atoms with van der Waals surface area (Å²) in [5.74, 6) is -1.89. The highest BCUT2D eigenvalue weighted by atomic mass is 19.2. The van der Waals surface area contributed by atoms with Crippen molar-refractivity contribution in [1.82, 2.24) is 9.88 Å². The van der Waals surface area contributed by atoms with Crippen molar-refractivity contribution in [3.63, 3.8) is 0 Å². The number of carbonyl (C=O) groups excluding carboxylic acids is 1. The molecule has 3 N–H and O–H groups in total. The molecule has 0 spiro atoms. The Balaban J connectivity index is 1.60. The lowest BCUT2D eigenvalue weighted by Gasteiger charge is -2.10. The molecular formula is C21H19F2N3O3. The Bertz CT molecular complexity index is 1070. The number of nitrogens with zero attached hydrogens (tertiary/aromatic N) is 1. The molecule has 1 aromatic heterocycles. The predicted molar refractivity (Wildman–Crippen MR) is 105 cm³/mol. The summed E-state index contributed by atoms with van der Waals surface area (Å²) in [6.07, 6.45) is 1.48. The average Bonchev–Trinajstić information content (AvgIpc) is 2.71. The fraction of sp³-hybridized carbons (Fsp3) is 0.143. The van der Waals surface area contributed by atoms with E-state index in [9.17, 15) is 18.4 Å². The van der Waals surface area contributed by atoms with Crippen LogP contribution in [0.3, 0.4) is 0 Å². The quantitative estimate of drug-likeness (QED) is 0.472. The number of pyridine rings is 1. The first-order valence-corrected chi connectivity index (χ1v) is 8.84. The summed E-state index contributed by atoms with van der Waals surface area (Å²) in [6.45, 7) is 0.420. The predicted octanol–water partition coefficient (Wildman–Crippen LogP) is 2.57. The van der Waals surface area contributed by atoms with Crippen LogP contribution in [0.2, 0.25) is 0 Å². The summed E-state index contributed by atoms with van der Waals surface area (Å²) < 4.78 is 33.1. The van der Waals surface area contributed by atoms with E-state index in [1.165, 1.54) is 22.9 Å². The van der Waals surface area contributed by atoms with Crippen molar-refractivity contribution in [2.24, 2.45) is 0 Å². The number of amides is 1. The smallest absolute Gasteiger partial charge is 0.263 e. The second-order valence-corrected chi connectivity index (χ2v) is 6.28. The second kappa shape index (κ2) is 9.01. The van der Waals surface area contributed by atoms with Gasteiger partial charge in [0.15, 0.2) is 11.6 Å². The number of benzene rings is 2. The largest absolute Gasteiger partial charge is 0.492 e. The van der Waals surface area contributed by atoms with Crippen LogP contribution in [-0.4, -0.2) is 23.6 Å². The van der Waals surface area contributed by atoms with Crippen molar-refractivity contribution in [3.8, 4) is 5.75 Å². The zero-order chi connectivity index (χ0) is 20.8. The molecule has 29 heavy (non-hydrogen) atoms. The van der Waals surface area contributed by atoms with Gasteiger partial charge in [-0.2, -0.15) is 0 Å². The number of halogens is 2. The Morgan fingerprint density at radius 3 is 2.55 bits per heavy atom. The number of carbonyl (C=O) groups is 1. The highest BCUT2D eigenvalue weighted by Gasteiger charge is 2.12. The number of nitrogens with one attached hydrogen (secondary N) is 1. The van der Waals surface area contributed by atoms with Crippen LogP contribution in [0.25, 0.3) is 0 Å². The first-order valence-electron chi connectivity index (χ1n) is 8.84. The second-order valence-electron chi connectivity index (χ2n) is 6.28. The van der Waals surface area contributed by atoms with Gasteiger partial charge in [0, 0.05) is 11.9 Å². The van der Waals surface area contributed by atoms with Gasteiger partial charge in [0.1, 0.15) is 17.9 Å². The minimum Gasteiger partial charge on any atom is -0.492 e. The summed E-state index contributed by atoms with van der Waals surface area (Å²) in [5.41, 5.74) is 6.03. The Labute approximate surface area is 165 Å². The highest BCUT2D eigenvalue weighted by molar-refractivity contribution is 5.93. The van der Waals surface area contributed by atoms with Crippen molar-refractivity contribution < 1.29 is 18.3 Å². The summed E-state index contributed by atoms with van der Waals surface area (Å²) >= 11 is 0. The lowest BCUT2D eigenvalue weighted by atomic mass is 10.2. The first-order chi connectivity index (χ1) is 13.9. The number of rotatable bonds is 7. The maximum Gasteiger partial charge on any atom is 0.263 e. The molecule has 2 aromatic carbocycles. The standard InChI is InChI=1S/C21H19F2N3O3/c22-18-8-3-14(12-19(18)23)13-26-10-1-2-17(21(26)28)20(27)25-9-11-29-16-6-4-15(24)5-7-16/h1-8,10,12H,9,11,13,24H2,(H,25,27). The number of aromatic nitrogens is 1. The number of nitrogen functional groups attached to an aromatic ring is 1. The molecule has 1 amide bonds. The molecule has 0 radical (unpaired) electrons. The van der Waals surface area contributed by atoms with Gasteiger partial charge in [-0.3, -0.25) is 9.59 Å². The zero-order valence-electron chi connectivity index (χ0n) is 15.4. The molecule has 0 unspecified atom stereocenters.